The third-order valence-electron chi connectivity index (χ3n) is 2.88. The van der Waals surface area contributed by atoms with Gasteiger partial charge in [0.15, 0.2) is 0 Å². The molecule has 0 amide bonds. The number of hydrogen-bond acceptors (Lipinski definition) is 4. The summed E-state index contributed by atoms with van der Waals surface area (Å²) in [6.45, 7) is 1.85. The SMILES string of the molecule is CC(c1cccs1)N(C)S(=O)(=O)c1ccnc(Cl)c1. The predicted octanol–water partition coefficient (Wildman–Crippen LogP) is 3.18. The smallest absolute Gasteiger partial charge is 0.243 e. The average Bonchev–Trinajstić information content (AvgIpc) is 2.90. The number of sulfonamides is 1. The van der Waals surface area contributed by atoms with Gasteiger partial charge in [-0.2, -0.15) is 4.31 Å². The van der Waals surface area contributed by atoms with E-state index in [0.29, 0.717) is 0 Å². The van der Waals surface area contributed by atoms with Crippen LogP contribution in [0.4, 0.5) is 0 Å². The number of hydrogen-bond donors (Lipinski definition) is 0. The van der Waals surface area contributed by atoms with Crippen molar-refractivity contribution in [2.75, 3.05) is 7.05 Å². The van der Waals surface area contributed by atoms with Crippen LogP contribution in [0, 0.1) is 0 Å². The van der Waals surface area contributed by atoms with Gasteiger partial charge in [0.05, 0.1) is 10.9 Å². The molecule has 0 aromatic carbocycles. The van der Waals surface area contributed by atoms with E-state index in [4.69, 9.17) is 11.6 Å². The molecule has 2 rings (SSSR count). The van der Waals surface area contributed by atoms with E-state index in [9.17, 15) is 8.42 Å². The van der Waals surface area contributed by atoms with Crippen LogP contribution >= 0.6 is 22.9 Å². The first kappa shape index (κ1) is 14.5. The number of thiophene rings is 1. The molecule has 0 bridgehead atoms. The molecule has 1 atom stereocenters. The maximum Gasteiger partial charge on any atom is 0.243 e. The highest BCUT2D eigenvalue weighted by molar-refractivity contribution is 7.89. The van der Waals surface area contributed by atoms with Gasteiger partial charge < -0.3 is 0 Å². The third-order valence-corrected chi connectivity index (χ3v) is 6.05. The summed E-state index contributed by atoms with van der Waals surface area (Å²) in [4.78, 5) is 4.94. The maximum absolute atomic E-state index is 12.5. The van der Waals surface area contributed by atoms with Gasteiger partial charge in [0, 0.05) is 18.1 Å². The van der Waals surface area contributed by atoms with Crippen LogP contribution in [0.5, 0.6) is 0 Å². The van der Waals surface area contributed by atoms with Crippen molar-refractivity contribution < 1.29 is 8.42 Å². The lowest BCUT2D eigenvalue weighted by molar-refractivity contribution is 0.403. The first-order valence-electron chi connectivity index (χ1n) is 5.56. The van der Waals surface area contributed by atoms with Crippen molar-refractivity contribution in [2.45, 2.75) is 17.9 Å². The molecule has 1 unspecified atom stereocenters. The van der Waals surface area contributed by atoms with E-state index in [2.05, 4.69) is 4.98 Å². The second kappa shape index (κ2) is 5.58. The van der Waals surface area contributed by atoms with E-state index in [1.54, 1.807) is 7.05 Å². The van der Waals surface area contributed by atoms with Gasteiger partial charge in [-0.05, 0) is 30.5 Å². The van der Waals surface area contributed by atoms with E-state index >= 15 is 0 Å². The number of rotatable bonds is 4. The highest BCUT2D eigenvalue weighted by Gasteiger charge is 2.27. The number of nitrogens with zero attached hydrogens (tertiary/aromatic N) is 2. The minimum atomic E-state index is -3.57. The van der Waals surface area contributed by atoms with Crippen molar-refractivity contribution in [3.05, 3.63) is 45.9 Å². The molecule has 2 aromatic rings. The van der Waals surface area contributed by atoms with Crippen LogP contribution in [0.2, 0.25) is 5.15 Å². The van der Waals surface area contributed by atoms with E-state index in [0.717, 1.165) is 4.88 Å². The lowest BCUT2D eigenvalue weighted by Gasteiger charge is -2.23. The van der Waals surface area contributed by atoms with Crippen molar-refractivity contribution in [3.8, 4) is 0 Å². The first-order chi connectivity index (χ1) is 8.93. The third kappa shape index (κ3) is 2.97. The maximum atomic E-state index is 12.5. The Morgan fingerprint density at radius 2 is 2.16 bits per heavy atom. The van der Waals surface area contributed by atoms with Gasteiger partial charge >= 0.3 is 0 Å². The van der Waals surface area contributed by atoms with Crippen LogP contribution in [0.1, 0.15) is 17.8 Å². The van der Waals surface area contributed by atoms with Crippen molar-refractivity contribution in [3.63, 3.8) is 0 Å². The Labute approximate surface area is 121 Å². The van der Waals surface area contributed by atoms with Gasteiger partial charge in [0.25, 0.3) is 0 Å². The van der Waals surface area contributed by atoms with E-state index < -0.39 is 10.0 Å². The second-order valence-corrected chi connectivity index (χ2v) is 7.39. The zero-order valence-electron chi connectivity index (χ0n) is 10.4. The Hall–Kier alpha value is -0.950. The summed E-state index contributed by atoms with van der Waals surface area (Å²) in [5, 5.41) is 2.09. The minimum absolute atomic E-state index is 0.151. The van der Waals surface area contributed by atoms with Crippen LogP contribution in [0.25, 0.3) is 0 Å². The van der Waals surface area contributed by atoms with Gasteiger partial charge in [-0.25, -0.2) is 13.4 Å². The molecule has 0 radical (unpaired) electrons. The lowest BCUT2D eigenvalue weighted by Crippen LogP contribution is -2.29. The Bertz CT molecular complexity index is 656. The van der Waals surface area contributed by atoms with Crippen molar-refractivity contribution in [1.82, 2.24) is 9.29 Å². The predicted molar refractivity (Wildman–Crippen MR) is 76.9 cm³/mol. The van der Waals surface area contributed by atoms with Gasteiger partial charge in [0.2, 0.25) is 10.0 Å². The number of aromatic nitrogens is 1. The molecule has 2 heterocycles. The molecular weight excluding hydrogens is 304 g/mol. The topological polar surface area (TPSA) is 50.3 Å². The number of halogens is 1. The van der Waals surface area contributed by atoms with Gasteiger partial charge in [-0.15, -0.1) is 11.3 Å². The van der Waals surface area contributed by atoms with Crippen LogP contribution < -0.4 is 0 Å². The average molecular weight is 317 g/mol. The fraction of sp³-hybridized carbons (Fsp3) is 0.250. The molecule has 0 N–H and O–H groups in total. The molecule has 4 nitrogen and oxygen atoms in total. The Balaban J connectivity index is 2.34. The summed E-state index contributed by atoms with van der Waals surface area (Å²) in [7, 11) is -2.01. The highest BCUT2D eigenvalue weighted by Crippen LogP contribution is 2.28. The molecular formula is C12H13ClN2O2S2. The summed E-state index contributed by atoms with van der Waals surface area (Å²) >= 11 is 7.27. The molecule has 2 aromatic heterocycles. The monoisotopic (exact) mass is 316 g/mol. The minimum Gasteiger partial charge on any atom is -0.244 e. The zero-order valence-corrected chi connectivity index (χ0v) is 12.8. The summed E-state index contributed by atoms with van der Waals surface area (Å²) in [5.74, 6) is 0. The molecule has 0 saturated heterocycles. The quantitative estimate of drug-likeness (QED) is 0.814. The highest BCUT2D eigenvalue weighted by atomic mass is 35.5. The van der Waals surface area contributed by atoms with Crippen molar-refractivity contribution in [2.24, 2.45) is 0 Å². The van der Waals surface area contributed by atoms with Crippen molar-refractivity contribution >= 4 is 33.0 Å². The van der Waals surface area contributed by atoms with Gasteiger partial charge in [0.1, 0.15) is 5.15 Å². The summed E-state index contributed by atoms with van der Waals surface area (Å²) in [5.41, 5.74) is 0. The molecule has 0 spiro atoms. The fourth-order valence-electron chi connectivity index (χ4n) is 1.63. The van der Waals surface area contributed by atoms with Gasteiger partial charge in [-0.3, -0.25) is 0 Å². The largest absolute Gasteiger partial charge is 0.244 e. The summed E-state index contributed by atoms with van der Waals surface area (Å²) < 4.78 is 26.3. The Morgan fingerprint density at radius 3 is 2.74 bits per heavy atom. The molecule has 102 valence electrons. The zero-order chi connectivity index (χ0) is 14.0. The molecule has 0 saturated carbocycles. The van der Waals surface area contributed by atoms with E-state index in [1.165, 1.54) is 34.0 Å². The second-order valence-electron chi connectivity index (χ2n) is 4.03. The van der Waals surface area contributed by atoms with Crippen LogP contribution in [-0.4, -0.2) is 24.8 Å². The molecule has 7 heteroatoms. The molecule has 0 aliphatic carbocycles. The van der Waals surface area contributed by atoms with Crippen LogP contribution in [0.15, 0.2) is 40.7 Å². The normalized spacial score (nSPS) is 13.7. The Kier molecular flexibility index (Phi) is 4.25. The van der Waals surface area contributed by atoms with E-state index in [1.807, 2.05) is 24.4 Å². The van der Waals surface area contributed by atoms with Crippen LogP contribution in [-0.2, 0) is 10.0 Å². The molecule has 19 heavy (non-hydrogen) atoms. The molecule has 0 aliphatic heterocycles. The van der Waals surface area contributed by atoms with E-state index in [-0.39, 0.29) is 16.1 Å². The molecule has 0 fully saturated rings. The standard InChI is InChI=1S/C12H13ClN2O2S2/c1-9(11-4-3-7-18-11)15(2)19(16,17)10-5-6-14-12(13)8-10/h3-9H,1-2H3. The lowest BCUT2D eigenvalue weighted by atomic mass is 10.3. The van der Waals surface area contributed by atoms with Crippen LogP contribution in [0.3, 0.4) is 0 Å². The van der Waals surface area contributed by atoms with Gasteiger partial charge in [-0.1, -0.05) is 17.7 Å². The van der Waals surface area contributed by atoms with Crippen molar-refractivity contribution in [1.29, 1.82) is 0 Å². The number of pyridine rings is 1. The summed E-state index contributed by atoms with van der Waals surface area (Å²) in [6.07, 6.45) is 1.39. The Morgan fingerprint density at radius 1 is 1.42 bits per heavy atom. The summed E-state index contributed by atoms with van der Waals surface area (Å²) in [6, 6.07) is 6.39. The first-order valence-corrected chi connectivity index (χ1v) is 8.25. The fourth-order valence-corrected chi connectivity index (χ4v) is 4.12. The molecule has 0 aliphatic rings.